The monoisotopic (exact) mass is 296 g/mol. The van der Waals surface area contributed by atoms with Gasteiger partial charge in [0, 0.05) is 23.3 Å². The van der Waals surface area contributed by atoms with Crippen molar-refractivity contribution in [1.29, 1.82) is 0 Å². The second-order valence-corrected chi connectivity index (χ2v) is 7.52. The van der Waals surface area contributed by atoms with Crippen molar-refractivity contribution in [2.75, 3.05) is 13.1 Å². The first-order valence-electron chi connectivity index (χ1n) is 7.36. The third kappa shape index (κ3) is 5.63. The molecule has 0 fully saturated rings. The summed E-state index contributed by atoms with van der Waals surface area (Å²) in [5, 5.41) is 5.14. The van der Waals surface area contributed by atoms with Crippen LogP contribution in [0.1, 0.15) is 45.4 Å². The van der Waals surface area contributed by atoms with Gasteiger partial charge in [-0.15, -0.1) is 11.3 Å². The van der Waals surface area contributed by atoms with E-state index >= 15 is 0 Å². The van der Waals surface area contributed by atoms with Crippen LogP contribution in [0.15, 0.2) is 17.5 Å². The maximum absolute atomic E-state index is 12.0. The zero-order valence-electron chi connectivity index (χ0n) is 13.1. The molecule has 0 saturated carbocycles. The topological polar surface area (TPSA) is 55.1 Å². The smallest absolute Gasteiger partial charge is 0.220 e. The van der Waals surface area contributed by atoms with E-state index in [1.165, 1.54) is 4.88 Å². The van der Waals surface area contributed by atoms with Crippen LogP contribution in [0.2, 0.25) is 0 Å². The van der Waals surface area contributed by atoms with E-state index in [4.69, 9.17) is 5.73 Å². The van der Waals surface area contributed by atoms with Crippen LogP contribution in [0.3, 0.4) is 0 Å². The molecular formula is C16H28N2OS. The summed E-state index contributed by atoms with van der Waals surface area (Å²) in [6, 6.07) is 4.18. The van der Waals surface area contributed by atoms with Crippen molar-refractivity contribution < 1.29 is 4.79 Å². The number of hydrogen-bond donors (Lipinski definition) is 2. The van der Waals surface area contributed by atoms with Crippen molar-refractivity contribution in [3.05, 3.63) is 22.4 Å². The van der Waals surface area contributed by atoms with Crippen LogP contribution in [-0.2, 0) is 10.2 Å². The Kier molecular flexibility index (Phi) is 6.69. The molecule has 1 aromatic rings. The highest BCUT2D eigenvalue weighted by molar-refractivity contribution is 7.10. The molecule has 0 aliphatic carbocycles. The Bertz CT molecular complexity index is 399. The molecule has 4 heteroatoms. The summed E-state index contributed by atoms with van der Waals surface area (Å²) in [7, 11) is 0. The normalized spacial score (nSPS) is 13.5. The van der Waals surface area contributed by atoms with Crippen LogP contribution in [0.5, 0.6) is 0 Å². The third-order valence-corrected chi connectivity index (χ3v) is 4.76. The zero-order chi connectivity index (χ0) is 15.2. The van der Waals surface area contributed by atoms with Gasteiger partial charge in [0.1, 0.15) is 0 Å². The maximum Gasteiger partial charge on any atom is 0.220 e. The van der Waals surface area contributed by atoms with Gasteiger partial charge in [-0.1, -0.05) is 33.8 Å². The first-order valence-corrected chi connectivity index (χ1v) is 8.24. The van der Waals surface area contributed by atoms with Gasteiger partial charge in [-0.05, 0) is 36.2 Å². The van der Waals surface area contributed by atoms with E-state index in [0.29, 0.717) is 31.3 Å². The number of nitrogens with two attached hydrogens (primary N) is 1. The van der Waals surface area contributed by atoms with Gasteiger partial charge in [0.25, 0.3) is 0 Å². The van der Waals surface area contributed by atoms with Crippen LogP contribution < -0.4 is 11.1 Å². The molecule has 1 amide bonds. The highest BCUT2D eigenvalue weighted by Crippen LogP contribution is 2.26. The number of carbonyl (C=O) groups is 1. The molecule has 0 bridgehead atoms. The molecule has 1 heterocycles. The molecule has 1 atom stereocenters. The second kappa shape index (κ2) is 7.79. The minimum Gasteiger partial charge on any atom is -0.355 e. The first-order chi connectivity index (χ1) is 9.35. The van der Waals surface area contributed by atoms with Crippen LogP contribution >= 0.6 is 11.3 Å². The standard InChI is InChI=1S/C16H28N2OS/c1-12(2)8-13(10-17)9-15(19)18-11-16(3,4)14-6-5-7-20-14/h5-7,12-13H,8-11,17H2,1-4H3,(H,18,19). The zero-order valence-corrected chi connectivity index (χ0v) is 13.9. The Morgan fingerprint density at radius 1 is 1.45 bits per heavy atom. The molecule has 114 valence electrons. The van der Waals surface area contributed by atoms with Crippen molar-refractivity contribution in [2.24, 2.45) is 17.6 Å². The van der Waals surface area contributed by atoms with Crippen LogP contribution in [0.25, 0.3) is 0 Å². The maximum atomic E-state index is 12.0. The molecule has 20 heavy (non-hydrogen) atoms. The van der Waals surface area contributed by atoms with Gasteiger partial charge in [-0.3, -0.25) is 4.79 Å². The molecular weight excluding hydrogens is 268 g/mol. The number of nitrogens with one attached hydrogen (secondary N) is 1. The quantitative estimate of drug-likeness (QED) is 0.774. The van der Waals surface area contributed by atoms with E-state index in [9.17, 15) is 4.79 Å². The van der Waals surface area contributed by atoms with Crippen molar-refractivity contribution in [3.8, 4) is 0 Å². The van der Waals surface area contributed by atoms with Crippen molar-refractivity contribution in [2.45, 2.75) is 46.0 Å². The lowest BCUT2D eigenvalue weighted by molar-refractivity contribution is -0.122. The first kappa shape index (κ1) is 17.2. The summed E-state index contributed by atoms with van der Waals surface area (Å²) in [5.41, 5.74) is 5.74. The lowest BCUT2D eigenvalue weighted by atomic mass is 9.90. The summed E-state index contributed by atoms with van der Waals surface area (Å²) in [6.07, 6.45) is 1.55. The van der Waals surface area contributed by atoms with Gasteiger partial charge in [0.15, 0.2) is 0 Å². The van der Waals surface area contributed by atoms with E-state index < -0.39 is 0 Å². The Balaban J connectivity index is 2.43. The minimum atomic E-state index is -0.0138. The Hall–Kier alpha value is -0.870. The predicted octanol–water partition coefficient (Wildman–Crippen LogP) is 3.15. The molecule has 3 N–H and O–H groups in total. The van der Waals surface area contributed by atoms with Gasteiger partial charge in [-0.2, -0.15) is 0 Å². The van der Waals surface area contributed by atoms with Crippen molar-refractivity contribution >= 4 is 17.2 Å². The fourth-order valence-corrected chi connectivity index (χ4v) is 3.19. The second-order valence-electron chi connectivity index (χ2n) is 6.57. The lowest BCUT2D eigenvalue weighted by Crippen LogP contribution is -2.37. The molecule has 0 spiro atoms. The summed E-state index contributed by atoms with van der Waals surface area (Å²) in [5.74, 6) is 0.990. The molecule has 0 aliphatic rings. The number of amides is 1. The van der Waals surface area contributed by atoms with Gasteiger partial charge in [0.05, 0.1) is 0 Å². The highest BCUT2D eigenvalue weighted by atomic mass is 32.1. The molecule has 1 aromatic heterocycles. The molecule has 0 radical (unpaired) electrons. The fourth-order valence-electron chi connectivity index (χ4n) is 2.33. The molecule has 1 unspecified atom stereocenters. The van der Waals surface area contributed by atoms with E-state index in [1.807, 2.05) is 0 Å². The van der Waals surface area contributed by atoms with Crippen LogP contribution in [-0.4, -0.2) is 19.0 Å². The summed E-state index contributed by atoms with van der Waals surface area (Å²) < 4.78 is 0. The highest BCUT2D eigenvalue weighted by Gasteiger charge is 2.23. The Labute approximate surface area is 127 Å². The average molecular weight is 296 g/mol. The Morgan fingerprint density at radius 2 is 2.15 bits per heavy atom. The van der Waals surface area contributed by atoms with Gasteiger partial charge < -0.3 is 11.1 Å². The number of hydrogen-bond acceptors (Lipinski definition) is 3. The van der Waals surface area contributed by atoms with Crippen molar-refractivity contribution in [3.63, 3.8) is 0 Å². The van der Waals surface area contributed by atoms with Gasteiger partial charge in [0.2, 0.25) is 5.91 Å². The van der Waals surface area contributed by atoms with E-state index in [2.05, 4.69) is 50.5 Å². The predicted molar refractivity (Wildman–Crippen MR) is 87.0 cm³/mol. The molecule has 1 rings (SSSR count). The Morgan fingerprint density at radius 3 is 2.65 bits per heavy atom. The summed E-state index contributed by atoms with van der Waals surface area (Å²) >= 11 is 1.74. The SMILES string of the molecule is CC(C)CC(CN)CC(=O)NCC(C)(C)c1cccs1. The van der Waals surface area contributed by atoms with Gasteiger partial charge in [-0.25, -0.2) is 0 Å². The van der Waals surface area contributed by atoms with E-state index in [-0.39, 0.29) is 11.3 Å². The van der Waals surface area contributed by atoms with Gasteiger partial charge >= 0.3 is 0 Å². The van der Waals surface area contributed by atoms with Crippen molar-refractivity contribution in [1.82, 2.24) is 5.32 Å². The molecule has 0 saturated heterocycles. The average Bonchev–Trinajstić information content (AvgIpc) is 2.89. The summed E-state index contributed by atoms with van der Waals surface area (Å²) in [4.78, 5) is 13.3. The number of thiophene rings is 1. The molecule has 0 aromatic carbocycles. The largest absolute Gasteiger partial charge is 0.355 e. The van der Waals surface area contributed by atoms with E-state index in [0.717, 1.165) is 6.42 Å². The number of carbonyl (C=O) groups excluding carboxylic acids is 1. The molecule has 0 aliphatic heterocycles. The summed E-state index contributed by atoms with van der Waals surface area (Å²) in [6.45, 7) is 9.91. The van der Waals surface area contributed by atoms with E-state index in [1.54, 1.807) is 11.3 Å². The molecule has 3 nitrogen and oxygen atoms in total. The minimum absolute atomic E-state index is 0.0138. The van der Waals surface area contributed by atoms with Crippen LogP contribution in [0, 0.1) is 11.8 Å². The van der Waals surface area contributed by atoms with Crippen LogP contribution in [0.4, 0.5) is 0 Å². The number of rotatable bonds is 8. The lowest BCUT2D eigenvalue weighted by Gasteiger charge is -2.24. The fraction of sp³-hybridized carbons (Fsp3) is 0.688. The third-order valence-electron chi connectivity index (χ3n) is 3.53.